The number of nitrogens with one attached hydrogen (secondary N) is 2. The zero-order chi connectivity index (χ0) is 23.2. The maximum Gasteiger partial charge on any atom is 0.256 e. The Morgan fingerprint density at radius 1 is 1.09 bits per heavy atom. The van der Waals surface area contributed by atoms with E-state index in [1.54, 1.807) is 7.05 Å². The van der Waals surface area contributed by atoms with Gasteiger partial charge in [-0.2, -0.15) is 4.98 Å². The fourth-order valence-electron chi connectivity index (χ4n) is 4.78. The van der Waals surface area contributed by atoms with E-state index in [1.165, 1.54) is 0 Å². The number of carbonyl (C=O) groups excluding carboxylic acids is 1. The van der Waals surface area contributed by atoms with Gasteiger partial charge in [-0.15, -0.1) is 0 Å². The summed E-state index contributed by atoms with van der Waals surface area (Å²) in [4.78, 5) is 32.4. The first-order valence-electron chi connectivity index (χ1n) is 11.7. The molecule has 0 bridgehead atoms. The fourth-order valence-corrected chi connectivity index (χ4v) is 4.78. The molecule has 0 aliphatic carbocycles. The van der Waals surface area contributed by atoms with Crippen LogP contribution in [0.2, 0.25) is 0 Å². The molecular weight excluding hydrogens is 432 g/mol. The minimum absolute atomic E-state index is 0.124. The molecule has 0 saturated carbocycles. The number of hydrogen-bond donors (Lipinski definition) is 2. The van der Waals surface area contributed by atoms with E-state index in [2.05, 4.69) is 27.5 Å². The fraction of sp³-hybridized carbons (Fsp3) is 0.417. The zero-order valence-electron chi connectivity index (χ0n) is 19.4. The highest BCUT2D eigenvalue weighted by atomic mass is 16.5. The van der Waals surface area contributed by atoms with E-state index < -0.39 is 0 Å². The summed E-state index contributed by atoms with van der Waals surface area (Å²) in [5, 5.41) is 7.09. The van der Waals surface area contributed by atoms with Gasteiger partial charge >= 0.3 is 0 Å². The molecule has 2 aliphatic rings. The number of hydrogen-bond acceptors (Lipinski definition) is 8. The summed E-state index contributed by atoms with van der Waals surface area (Å²) in [6.07, 6.45) is 2.90. The van der Waals surface area contributed by atoms with Crippen LogP contribution in [0.5, 0.6) is 0 Å². The smallest absolute Gasteiger partial charge is 0.256 e. The van der Waals surface area contributed by atoms with Crippen LogP contribution in [0.4, 0.5) is 11.6 Å². The lowest BCUT2D eigenvalue weighted by Crippen LogP contribution is -2.41. The van der Waals surface area contributed by atoms with Crippen molar-refractivity contribution >= 4 is 45.3 Å². The Morgan fingerprint density at radius 2 is 1.94 bits per heavy atom. The molecule has 0 unspecified atom stereocenters. The topological polar surface area (TPSA) is 99.9 Å². The number of carbonyl (C=O) groups is 1. The normalized spacial score (nSPS) is 17.8. The molecule has 0 spiro atoms. The predicted molar refractivity (Wildman–Crippen MR) is 132 cm³/mol. The summed E-state index contributed by atoms with van der Waals surface area (Å²) in [6, 6.07) is 8.03. The lowest BCUT2D eigenvalue weighted by Gasteiger charge is -2.29. The third kappa shape index (κ3) is 3.41. The van der Waals surface area contributed by atoms with Crippen LogP contribution in [-0.2, 0) is 4.74 Å². The second kappa shape index (κ2) is 8.37. The van der Waals surface area contributed by atoms with Gasteiger partial charge in [-0.1, -0.05) is 12.1 Å². The second-order valence-electron chi connectivity index (χ2n) is 9.02. The van der Waals surface area contributed by atoms with E-state index in [1.807, 2.05) is 34.9 Å². The van der Waals surface area contributed by atoms with Gasteiger partial charge in [0, 0.05) is 32.9 Å². The average Bonchev–Trinajstić information content (AvgIpc) is 3.08. The lowest BCUT2D eigenvalue weighted by atomic mass is 10.1. The molecule has 10 heteroatoms. The van der Waals surface area contributed by atoms with Gasteiger partial charge in [0.1, 0.15) is 5.56 Å². The Labute approximate surface area is 196 Å². The first-order chi connectivity index (χ1) is 16.6. The van der Waals surface area contributed by atoms with Gasteiger partial charge in [-0.3, -0.25) is 9.20 Å². The van der Waals surface area contributed by atoms with E-state index in [9.17, 15) is 4.79 Å². The summed E-state index contributed by atoms with van der Waals surface area (Å²) in [5.41, 5.74) is 4.23. The van der Waals surface area contributed by atoms with Gasteiger partial charge in [-0.05, 0) is 32.1 Å². The number of ether oxygens (including phenoxy) is 1. The van der Waals surface area contributed by atoms with E-state index in [0.717, 1.165) is 54.7 Å². The molecule has 3 aromatic heterocycles. The molecule has 2 aliphatic heterocycles. The first kappa shape index (κ1) is 21.1. The summed E-state index contributed by atoms with van der Waals surface area (Å²) >= 11 is 0. The molecule has 176 valence electrons. The Balaban J connectivity index is 1.64. The highest BCUT2D eigenvalue weighted by Gasteiger charge is 2.28. The molecule has 5 heterocycles. The number of fused-ring (bicyclic) bond motifs is 5. The van der Waals surface area contributed by atoms with E-state index >= 15 is 0 Å². The van der Waals surface area contributed by atoms with Crippen LogP contribution < -0.4 is 15.5 Å². The third-order valence-electron chi connectivity index (χ3n) is 6.71. The van der Waals surface area contributed by atoms with Gasteiger partial charge in [-0.25, -0.2) is 9.97 Å². The Bertz CT molecular complexity index is 1400. The van der Waals surface area contributed by atoms with Crippen molar-refractivity contribution in [3.05, 3.63) is 36.0 Å². The SMILES string of the molecule is CNC(=O)c1c(NC2COC2)c2cnc(N3CCCN(C)CC3)nc2n2c1nc1ccccc12. The molecule has 1 amide bonds. The zero-order valence-corrected chi connectivity index (χ0v) is 19.4. The Morgan fingerprint density at radius 3 is 2.74 bits per heavy atom. The molecule has 6 rings (SSSR count). The van der Waals surface area contributed by atoms with Crippen molar-refractivity contribution in [2.45, 2.75) is 12.5 Å². The van der Waals surface area contributed by atoms with Crippen LogP contribution in [0, 0.1) is 0 Å². The maximum absolute atomic E-state index is 13.2. The van der Waals surface area contributed by atoms with E-state index in [0.29, 0.717) is 36.1 Å². The minimum atomic E-state index is -0.204. The van der Waals surface area contributed by atoms with Crippen molar-refractivity contribution in [3.8, 4) is 0 Å². The van der Waals surface area contributed by atoms with Gasteiger partial charge in [0.25, 0.3) is 5.91 Å². The van der Waals surface area contributed by atoms with Crippen molar-refractivity contribution in [2.75, 3.05) is 63.7 Å². The number of pyridine rings is 1. The molecule has 10 nitrogen and oxygen atoms in total. The van der Waals surface area contributed by atoms with Crippen molar-refractivity contribution in [3.63, 3.8) is 0 Å². The Kier molecular flexibility index (Phi) is 5.19. The summed E-state index contributed by atoms with van der Waals surface area (Å²) < 4.78 is 7.37. The molecule has 2 N–H and O–H groups in total. The van der Waals surface area contributed by atoms with E-state index in [4.69, 9.17) is 19.7 Å². The predicted octanol–water partition coefficient (Wildman–Crippen LogP) is 1.74. The van der Waals surface area contributed by atoms with Gasteiger partial charge in [0.15, 0.2) is 11.3 Å². The highest BCUT2D eigenvalue weighted by molar-refractivity contribution is 6.13. The largest absolute Gasteiger partial charge is 0.377 e. The Hall–Kier alpha value is -3.50. The molecule has 2 saturated heterocycles. The van der Waals surface area contributed by atoms with Crippen LogP contribution in [0.15, 0.2) is 30.5 Å². The van der Waals surface area contributed by atoms with Crippen LogP contribution in [0.1, 0.15) is 16.8 Å². The van der Waals surface area contributed by atoms with Crippen LogP contribution in [0.3, 0.4) is 0 Å². The summed E-state index contributed by atoms with van der Waals surface area (Å²) in [7, 11) is 3.78. The number of likely N-dealkylation sites (N-methyl/N-ethyl adjacent to an activating group) is 1. The van der Waals surface area contributed by atoms with Gasteiger partial charge < -0.3 is 25.2 Å². The van der Waals surface area contributed by atoms with Crippen LogP contribution in [0.25, 0.3) is 27.7 Å². The molecule has 4 aromatic rings. The quantitative estimate of drug-likeness (QED) is 0.475. The van der Waals surface area contributed by atoms with Crippen LogP contribution in [-0.4, -0.2) is 89.7 Å². The number of amides is 1. The molecule has 0 radical (unpaired) electrons. The second-order valence-corrected chi connectivity index (χ2v) is 9.02. The van der Waals surface area contributed by atoms with Gasteiger partial charge in [0.2, 0.25) is 5.95 Å². The molecule has 2 fully saturated rings. The first-order valence-corrected chi connectivity index (χ1v) is 11.7. The summed E-state index contributed by atoms with van der Waals surface area (Å²) in [6.45, 7) is 5.00. The molecule has 0 atom stereocenters. The van der Waals surface area contributed by atoms with Crippen molar-refractivity contribution in [1.29, 1.82) is 0 Å². The number of benzene rings is 1. The van der Waals surface area contributed by atoms with Crippen molar-refractivity contribution < 1.29 is 9.53 Å². The van der Waals surface area contributed by atoms with E-state index in [-0.39, 0.29) is 11.9 Å². The number of aromatic nitrogens is 4. The molecule has 1 aromatic carbocycles. The number of anilines is 2. The number of nitrogens with zero attached hydrogens (tertiary/aromatic N) is 6. The highest BCUT2D eigenvalue weighted by Crippen LogP contribution is 2.34. The monoisotopic (exact) mass is 460 g/mol. The average molecular weight is 461 g/mol. The lowest BCUT2D eigenvalue weighted by molar-refractivity contribution is 0.0211. The van der Waals surface area contributed by atoms with Crippen molar-refractivity contribution in [1.82, 2.24) is 29.6 Å². The summed E-state index contributed by atoms with van der Waals surface area (Å²) in [5.74, 6) is 0.497. The maximum atomic E-state index is 13.2. The van der Waals surface area contributed by atoms with Crippen molar-refractivity contribution in [2.24, 2.45) is 0 Å². The molecule has 34 heavy (non-hydrogen) atoms. The minimum Gasteiger partial charge on any atom is -0.377 e. The van der Waals surface area contributed by atoms with Crippen LogP contribution >= 0.6 is 0 Å². The van der Waals surface area contributed by atoms with Gasteiger partial charge in [0.05, 0.1) is 41.4 Å². The molecular formula is C24H28N8O2. The number of rotatable bonds is 4. The number of para-hydroxylation sites is 2. The standard InChI is InChI=1S/C24H28N8O2/c1-25-23(33)19-20(27-15-13-34-14-15)16-12-26-24(31-9-5-8-30(2)10-11-31)29-21(16)32-18-7-4-3-6-17(18)28-22(19)32/h3-4,6-7,12,15,27H,5,8-11,13-14H2,1-2H3,(H,25,33). The third-order valence-corrected chi connectivity index (χ3v) is 6.71. The number of imidazole rings is 1.